The lowest BCUT2D eigenvalue weighted by Gasteiger charge is -2.35. The molecule has 10 heteroatoms. The van der Waals surface area contributed by atoms with Crippen LogP contribution in [0.25, 0.3) is 0 Å². The minimum Gasteiger partial charge on any atom is -0.387 e. The molecule has 1 atom stereocenters. The predicted molar refractivity (Wildman–Crippen MR) is 109 cm³/mol. The van der Waals surface area contributed by atoms with Gasteiger partial charge in [0.25, 0.3) is 0 Å². The van der Waals surface area contributed by atoms with Crippen molar-refractivity contribution >= 4 is 34.8 Å². The molecular formula is C17H30Cl2FN3O3S. The molecule has 1 heterocycles. The summed E-state index contributed by atoms with van der Waals surface area (Å²) in [5.74, 6) is -0.0455. The van der Waals surface area contributed by atoms with Gasteiger partial charge in [0.05, 0.1) is 17.6 Å². The molecule has 1 aromatic heterocycles. The lowest BCUT2D eigenvalue weighted by atomic mass is 9.80. The standard InChI is InChI=1S/C17H28FN3O3S.2ClH/c1-17(2,8-12-3-5-15(6-4-12)25(19,23)24)21-11-16(22)13-7-14(18)10-20-9-13;;/h7,9-10,12,15-16,21-22H,3-6,8,11H2,1-2H3,(H2,19,23,24);2*1H. The summed E-state index contributed by atoms with van der Waals surface area (Å²) < 4.78 is 36.0. The van der Waals surface area contributed by atoms with Crippen LogP contribution in [0, 0.1) is 11.7 Å². The highest BCUT2D eigenvalue weighted by Crippen LogP contribution is 2.33. The summed E-state index contributed by atoms with van der Waals surface area (Å²) in [4.78, 5) is 3.75. The Labute approximate surface area is 173 Å². The van der Waals surface area contributed by atoms with Crippen molar-refractivity contribution < 1.29 is 17.9 Å². The molecule has 1 fully saturated rings. The van der Waals surface area contributed by atoms with Crippen molar-refractivity contribution in [1.29, 1.82) is 0 Å². The second-order valence-electron chi connectivity index (χ2n) is 7.65. The molecule has 1 aliphatic rings. The molecule has 0 saturated heterocycles. The number of nitrogens with one attached hydrogen (secondary N) is 1. The van der Waals surface area contributed by atoms with Gasteiger partial charge in [-0.1, -0.05) is 0 Å². The molecule has 0 radical (unpaired) electrons. The molecule has 4 N–H and O–H groups in total. The highest BCUT2D eigenvalue weighted by Gasteiger charge is 2.31. The molecule has 158 valence electrons. The van der Waals surface area contributed by atoms with E-state index in [1.165, 1.54) is 12.3 Å². The lowest BCUT2D eigenvalue weighted by molar-refractivity contribution is 0.150. The summed E-state index contributed by atoms with van der Waals surface area (Å²) in [7, 11) is -3.43. The maximum Gasteiger partial charge on any atom is 0.211 e. The van der Waals surface area contributed by atoms with E-state index in [0.29, 0.717) is 30.9 Å². The number of hydrogen-bond donors (Lipinski definition) is 3. The van der Waals surface area contributed by atoms with Crippen molar-refractivity contribution in [2.24, 2.45) is 11.1 Å². The number of hydrogen-bond acceptors (Lipinski definition) is 5. The minimum absolute atomic E-state index is 0. The molecule has 1 saturated carbocycles. The minimum atomic E-state index is -3.43. The van der Waals surface area contributed by atoms with Gasteiger partial charge >= 0.3 is 0 Å². The van der Waals surface area contributed by atoms with E-state index in [1.54, 1.807) is 0 Å². The van der Waals surface area contributed by atoms with Gasteiger partial charge in [-0.2, -0.15) is 0 Å². The molecule has 6 nitrogen and oxygen atoms in total. The third-order valence-electron chi connectivity index (χ3n) is 4.94. The molecule has 1 aliphatic carbocycles. The van der Waals surface area contributed by atoms with Crippen molar-refractivity contribution in [1.82, 2.24) is 10.3 Å². The zero-order valence-corrected chi connectivity index (χ0v) is 18.0. The topological polar surface area (TPSA) is 105 Å². The predicted octanol–water partition coefficient (Wildman–Crippen LogP) is 2.70. The van der Waals surface area contributed by atoms with Crippen molar-refractivity contribution in [2.75, 3.05) is 6.54 Å². The van der Waals surface area contributed by atoms with Crippen LogP contribution in [0.2, 0.25) is 0 Å². The first-order chi connectivity index (χ1) is 11.6. The van der Waals surface area contributed by atoms with Gasteiger partial charge in [-0.3, -0.25) is 4.98 Å². The monoisotopic (exact) mass is 445 g/mol. The Morgan fingerprint density at radius 3 is 2.41 bits per heavy atom. The highest BCUT2D eigenvalue weighted by atomic mass is 35.5. The molecule has 2 rings (SSSR count). The fourth-order valence-corrected chi connectivity index (χ4v) is 4.49. The van der Waals surface area contributed by atoms with Gasteiger partial charge in [0.1, 0.15) is 5.82 Å². The van der Waals surface area contributed by atoms with Crippen molar-refractivity contribution in [3.63, 3.8) is 0 Å². The molecule has 0 aromatic carbocycles. The second-order valence-corrected chi connectivity index (χ2v) is 9.50. The van der Waals surface area contributed by atoms with E-state index < -0.39 is 27.2 Å². The number of β-amino-alcohol motifs (C(OH)–C–C–N with tert-alkyl or cyclic N) is 1. The second kappa shape index (κ2) is 10.9. The molecule has 0 aliphatic heterocycles. The fraction of sp³-hybridized carbons (Fsp3) is 0.706. The van der Waals surface area contributed by atoms with E-state index in [0.717, 1.165) is 25.5 Å². The lowest BCUT2D eigenvalue weighted by Crippen LogP contribution is -2.44. The first-order valence-electron chi connectivity index (χ1n) is 8.62. The number of rotatable bonds is 7. The molecule has 1 aromatic rings. The van der Waals surface area contributed by atoms with Crippen LogP contribution in [0.4, 0.5) is 4.39 Å². The molecule has 0 bridgehead atoms. The quantitative estimate of drug-likeness (QED) is 0.597. The number of sulfonamides is 1. The van der Waals surface area contributed by atoms with Gasteiger partial charge in [-0.15, -0.1) is 24.8 Å². The number of aromatic nitrogens is 1. The third kappa shape index (κ3) is 8.58. The Kier molecular flexibility index (Phi) is 10.7. The normalized spacial score (nSPS) is 21.7. The number of nitrogens with two attached hydrogens (primary N) is 1. The Bertz CT molecular complexity index is 684. The number of pyridine rings is 1. The van der Waals surface area contributed by atoms with E-state index in [2.05, 4.69) is 24.1 Å². The molecule has 27 heavy (non-hydrogen) atoms. The SMILES string of the molecule is CC(C)(CC1CCC(S(N)(=O)=O)CC1)NCC(O)c1cncc(F)c1.Cl.Cl. The molecule has 0 spiro atoms. The van der Waals surface area contributed by atoms with E-state index in [1.807, 2.05) is 0 Å². The smallest absolute Gasteiger partial charge is 0.211 e. The maximum atomic E-state index is 13.2. The Balaban J connectivity index is 0.00000338. The van der Waals surface area contributed by atoms with E-state index in [9.17, 15) is 17.9 Å². The molecule has 1 unspecified atom stereocenters. The Morgan fingerprint density at radius 1 is 1.30 bits per heavy atom. The first kappa shape index (κ1) is 26.5. The highest BCUT2D eigenvalue weighted by molar-refractivity contribution is 7.89. The van der Waals surface area contributed by atoms with Gasteiger partial charge in [0.15, 0.2) is 0 Å². The van der Waals surface area contributed by atoms with Crippen LogP contribution in [0.5, 0.6) is 0 Å². The van der Waals surface area contributed by atoms with Crippen LogP contribution >= 0.6 is 24.8 Å². The Hall–Kier alpha value is -0.510. The maximum absolute atomic E-state index is 13.2. The van der Waals surface area contributed by atoms with Crippen LogP contribution < -0.4 is 10.5 Å². The van der Waals surface area contributed by atoms with Gasteiger partial charge in [0, 0.05) is 23.8 Å². The number of aliphatic hydroxyl groups is 1. The van der Waals surface area contributed by atoms with Gasteiger partial charge in [0.2, 0.25) is 10.0 Å². The van der Waals surface area contributed by atoms with Crippen LogP contribution in [0.15, 0.2) is 18.5 Å². The van der Waals surface area contributed by atoms with Crippen LogP contribution in [-0.2, 0) is 10.0 Å². The number of aliphatic hydroxyl groups excluding tert-OH is 1. The zero-order chi connectivity index (χ0) is 18.7. The number of halogens is 3. The van der Waals surface area contributed by atoms with E-state index >= 15 is 0 Å². The summed E-state index contributed by atoms with van der Waals surface area (Å²) in [6.45, 7) is 4.40. The van der Waals surface area contributed by atoms with Crippen LogP contribution in [-0.4, -0.2) is 35.8 Å². The Morgan fingerprint density at radius 2 is 1.89 bits per heavy atom. The van der Waals surface area contributed by atoms with Crippen molar-refractivity contribution in [2.45, 2.75) is 62.8 Å². The summed E-state index contributed by atoms with van der Waals surface area (Å²) in [5.41, 5.74) is 0.220. The largest absolute Gasteiger partial charge is 0.387 e. The van der Waals surface area contributed by atoms with Gasteiger partial charge < -0.3 is 10.4 Å². The van der Waals surface area contributed by atoms with E-state index in [4.69, 9.17) is 5.14 Å². The van der Waals surface area contributed by atoms with E-state index in [-0.39, 0.29) is 30.4 Å². The van der Waals surface area contributed by atoms with Gasteiger partial charge in [-0.25, -0.2) is 17.9 Å². The summed E-state index contributed by atoms with van der Waals surface area (Å²) in [6, 6.07) is 1.28. The summed E-state index contributed by atoms with van der Waals surface area (Å²) in [5, 5.41) is 18.3. The average molecular weight is 446 g/mol. The summed E-state index contributed by atoms with van der Waals surface area (Å²) in [6.07, 6.45) is 5.49. The third-order valence-corrected chi connectivity index (χ3v) is 6.34. The molecule has 0 amide bonds. The number of nitrogens with zero attached hydrogens (tertiary/aromatic N) is 1. The van der Waals surface area contributed by atoms with Gasteiger partial charge in [-0.05, 0) is 57.9 Å². The number of primary sulfonamides is 1. The average Bonchev–Trinajstić information content (AvgIpc) is 2.52. The zero-order valence-electron chi connectivity index (χ0n) is 15.6. The van der Waals surface area contributed by atoms with Crippen molar-refractivity contribution in [3.05, 3.63) is 29.8 Å². The van der Waals surface area contributed by atoms with Crippen molar-refractivity contribution in [3.8, 4) is 0 Å². The fourth-order valence-electron chi connectivity index (χ4n) is 3.56. The van der Waals surface area contributed by atoms with Crippen LogP contribution in [0.1, 0.15) is 57.6 Å². The first-order valence-corrected chi connectivity index (χ1v) is 10.2. The summed E-state index contributed by atoms with van der Waals surface area (Å²) >= 11 is 0. The molecular weight excluding hydrogens is 416 g/mol. The van der Waals surface area contributed by atoms with Crippen LogP contribution in [0.3, 0.4) is 0 Å².